The maximum atomic E-state index is 2.55. The predicted octanol–water partition coefficient (Wildman–Crippen LogP) is 12.9. The fourth-order valence-electron chi connectivity index (χ4n) is 9.49. The van der Waals surface area contributed by atoms with E-state index in [4.69, 9.17) is 0 Å². The summed E-state index contributed by atoms with van der Waals surface area (Å²) in [6.07, 6.45) is 6.75. The van der Waals surface area contributed by atoms with Gasteiger partial charge in [0.25, 0.3) is 0 Å². The van der Waals surface area contributed by atoms with Gasteiger partial charge in [-0.2, -0.15) is 0 Å². The smallest absolute Gasteiger partial charge is 0.0415 e. The second-order valence-corrected chi connectivity index (χ2v) is 15.0. The zero-order chi connectivity index (χ0) is 35.1. The molecule has 0 nitrogen and oxygen atoms in total. The molecule has 252 valence electrons. The van der Waals surface area contributed by atoms with E-state index in [1.165, 1.54) is 72.3 Å². The van der Waals surface area contributed by atoms with Gasteiger partial charge in [0.2, 0.25) is 0 Å². The molecule has 7 aromatic rings. The van der Waals surface area contributed by atoms with Gasteiger partial charge in [0.15, 0.2) is 0 Å². The molecular weight excluding hydrogens is 625 g/mol. The third-order valence-corrected chi connectivity index (χ3v) is 11.7. The van der Waals surface area contributed by atoms with Crippen molar-refractivity contribution in [3.05, 3.63) is 243 Å². The lowest BCUT2D eigenvalue weighted by Crippen LogP contribution is -2.40. The van der Waals surface area contributed by atoms with E-state index in [0.717, 1.165) is 12.8 Å². The molecule has 0 aliphatic heterocycles. The first kappa shape index (κ1) is 32.2. The van der Waals surface area contributed by atoms with Crippen molar-refractivity contribution in [3.63, 3.8) is 0 Å². The molecule has 0 fully saturated rings. The number of benzene rings is 7. The molecule has 0 N–H and O–H groups in total. The van der Waals surface area contributed by atoms with Crippen molar-refractivity contribution in [2.75, 3.05) is 0 Å². The third-order valence-electron chi connectivity index (χ3n) is 11.7. The second kappa shape index (κ2) is 13.4. The van der Waals surface area contributed by atoms with Gasteiger partial charge in [0, 0.05) is 17.3 Å². The van der Waals surface area contributed by atoms with Gasteiger partial charge in [0.05, 0.1) is 0 Å². The topological polar surface area (TPSA) is 0 Å². The highest BCUT2D eigenvalue weighted by Crippen LogP contribution is 2.63. The van der Waals surface area contributed by atoms with Crippen molar-refractivity contribution in [2.45, 2.75) is 49.9 Å². The number of rotatable bonds is 9. The number of hydrogen-bond donors (Lipinski definition) is 0. The summed E-state index contributed by atoms with van der Waals surface area (Å²) in [4.78, 5) is 0. The molecule has 2 aliphatic rings. The van der Waals surface area contributed by atoms with E-state index in [1.54, 1.807) is 0 Å². The number of allylic oxidation sites excluding steroid dienone is 1. The van der Waals surface area contributed by atoms with Gasteiger partial charge in [-0.15, -0.1) is 0 Å². The van der Waals surface area contributed by atoms with Crippen LogP contribution in [0.1, 0.15) is 92.8 Å². The first-order valence-corrected chi connectivity index (χ1v) is 18.9. The second-order valence-electron chi connectivity index (χ2n) is 15.0. The molecule has 0 amide bonds. The largest absolute Gasteiger partial charge is 0.0751 e. The van der Waals surface area contributed by atoms with Gasteiger partial charge in [0.1, 0.15) is 0 Å². The molecular formula is C52H44. The molecule has 1 atom stereocenters. The Morgan fingerprint density at radius 2 is 0.962 bits per heavy atom. The SMILES string of the molecule is CC(C)c1cccc2c1C(C(c1ccccc1)(c1ccccc1)C1c3cc(Cc4ccccc4)ccc3-c3ccc(Cc4ccccc4)cc31)C=C2. The first-order chi connectivity index (χ1) is 25.6. The zero-order valence-electron chi connectivity index (χ0n) is 30.0. The highest BCUT2D eigenvalue weighted by molar-refractivity contribution is 5.83. The van der Waals surface area contributed by atoms with Crippen LogP contribution in [0.5, 0.6) is 0 Å². The van der Waals surface area contributed by atoms with Crippen molar-refractivity contribution in [2.24, 2.45) is 0 Å². The van der Waals surface area contributed by atoms with Gasteiger partial charge in [-0.1, -0.05) is 202 Å². The fourth-order valence-corrected chi connectivity index (χ4v) is 9.49. The standard InChI is InChI=1S/C52H44/c1-36(2)44-25-15-20-41-28-31-49(50(41)44)52(42-21-11-5-12-22-42,43-23-13-6-14-24-43)51-47-34-39(32-37-16-7-3-8-17-37)26-29-45(47)46-30-27-40(35-48(46)51)33-38-18-9-4-10-19-38/h3-31,34-36,49,51H,32-33H2,1-2H3. The van der Waals surface area contributed by atoms with Crippen LogP contribution in [0.4, 0.5) is 0 Å². The van der Waals surface area contributed by atoms with Crippen LogP contribution in [-0.4, -0.2) is 0 Å². The van der Waals surface area contributed by atoms with Crippen LogP contribution in [0.25, 0.3) is 17.2 Å². The zero-order valence-corrected chi connectivity index (χ0v) is 30.0. The van der Waals surface area contributed by atoms with Crippen LogP contribution >= 0.6 is 0 Å². The normalized spacial score (nSPS) is 14.7. The molecule has 0 radical (unpaired) electrons. The van der Waals surface area contributed by atoms with Crippen molar-refractivity contribution < 1.29 is 0 Å². The molecule has 0 spiro atoms. The maximum Gasteiger partial charge on any atom is 0.0415 e. The summed E-state index contributed by atoms with van der Waals surface area (Å²) < 4.78 is 0. The molecule has 9 rings (SSSR count). The Morgan fingerprint density at radius 3 is 1.44 bits per heavy atom. The van der Waals surface area contributed by atoms with Crippen LogP contribution in [0.2, 0.25) is 0 Å². The van der Waals surface area contributed by atoms with Gasteiger partial charge in [-0.3, -0.25) is 0 Å². The Balaban J connectivity index is 1.36. The lowest BCUT2D eigenvalue weighted by atomic mass is 9.55. The third kappa shape index (κ3) is 5.46. The molecule has 0 saturated carbocycles. The van der Waals surface area contributed by atoms with E-state index in [2.05, 4.69) is 202 Å². The summed E-state index contributed by atoms with van der Waals surface area (Å²) in [5, 5.41) is 0. The van der Waals surface area contributed by atoms with E-state index < -0.39 is 5.41 Å². The Labute approximate surface area is 309 Å². The Hall–Kier alpha value is -5.72. The van der Waals surface area contributed by atoms with Crippen molar-refractivity contribution in [1.82, 2.24) is 0 Å². The minimum absolute atomic E-state index is 0.0644. The van der Waals surface area contributed by atoms with Crippen LogP contribution in [-0.2, 0) is 18.3 Å². The Morgan fingerprint density at radius 1 is 0.481 bits per heavy atom. The quantitative estimate of drug-likeness (QED) is 0.144. The summed E-state index contributed by atoms with van der Waals surface area (Å²) in [6.45, 7) is 4.70. The van der Waals surface area contributed by atoms with Gasteiger partial charge in [-0.05, 0) is 91.1 Å². The minimum atomic E-state index is -0.438. The van der Waals surface area contributed by atoms with Gasteiger partial charge >= 0.3 is 0 Å². The first-order valence-electron chi connectivity index (χ1n) is 18.9. The Bertz CT molecular complexity index is 2230. The predicted molar refractivity (Wildman–Crippen MR) is 218 cm³/mol. The highest BCUT2D eigenvalue weighted by Gasteiger charge is 2.53. The minimum Gasteiger partial charge on any atom is -0.0751 e. The van der Waals surface area contributed by atoms with E-state index in [-0.39, 0.29) is 11.8 Å². The van der Waals surface area contributed by atoms with Crippen LogP contribution in [0, 0.1) is 0 Å². The monoisotopic (exact) mass is 668 g/mol. The Kier molecular flexibility index (Phi) is 8.32. The van der Waals surface area contributed by atoms with Gasteiger partial charge < -0.3 is 0 Å². The molecule has 2 aliphatic carbocycles. The van der Waals surface area contributed by atoms with Crippen molar-refractivity contribution >= 4 is 6.08 Å². The van der Waals surface area contributed by atoms with Crippen LogP contribution in [0.15, 0.2) is 182 Å². The molecule has 52 heavy (non-hydrogen) atoms. The summed E-state index contributed by atoms with van der Waals surface area (Å²) in [5.74, 6) is 0.583. The molecule has 0 heterocycles. The molecule has 0 saturated heterocycles. The van der Waals surface area contributed by atoms with Crippen molar-refractivity contribution in [3.8, 4) is 11.1 Å². The average molecular weight is 669 g/mol. The van der Waals surface area contributed by atoms with E-state index in [1.807, 2.05) is 0 Å². The average Bonchev–Trinajstić information content (AvgIpc) is 3.77. The van der Waals surface area contributed by atoms with Crippen LogP contribution < -0.4 is 0 Å². The van der Waals surface area contributed by atoms with E-state index in [0.29, 0.717) is 5.92 Å². The van der Waals surface area contributed by atoms with E-state index >= 15 is 0 Å². The lowest BCUT2D eigenvalue weighted by Gasteiger charge is -2.47. The van der Waals surface area contributed by atoms with Crippen LogP contribution in [0.3, 0.4) is 0 Å². The van der Waals surface area contributed by atoms with Gasteiger partial charge in [-0.25, -0.2) is 0 Å². The summed E-state index contributed by atoms with van der Waals surface area (Å²) >= 11 is 0. The molecule has 0 aromatic heterocycles. The molecule has 7 aromatic carbocycles. The highest BCUT2D eigenvalue weighted by atomic mass is 14.5. The number of fused-ring (bicyclic) bond motifs is 4. The summed E-state index contributed by atoms with van der Waals surface area (Å²) in [7, 11) is 0. The fraction of sp³-hybridized carbons (Fsp3) is 0.154. The molecule has 0 bridgehead atoms. The summed E-state index contributed by atoms with van der Waals surface area (Å²) in [6, 6.07) is 66.4. The van der Waals surface area contributed by atoms with Crippen molar-refractivity contribution in [1.29, 1.82) is 0 Å². The molecule has 0 heteroatoms. The lowest BCUT2D eigenvalue weighted by molar-refractivity contribution is 0.414. The summed E-state index contributed by atoms with van der Waals surface area (Å²) in [5.41, 5.74) is 17.5. The maximum absolute atomic E-state index is 2.55. The van der Waals surface area contributed by atoms with E-state index in [9.17, 15) is 0 Å². The number of hydrogen-bond acceptors (Lipinski definition) is 0. The molecule has 1 unspecified atom stereocenters.